The lowest BCUT2D eigenvalue weighted by Crippen LogP contribution is -2.07. The van der Waals surface area contributed by atoms with Gasteiger partial charge in [-0.3, -0.25) is 10.2 Å². The summed E-state index contributed by atoms with van der Waals surface area (Å²) in [5.74, 6) is 0.779. The number of nitrogens with zero attached hydrogens (tertiary/aromatic N) is 2. The molecule has 0 spiro atoms. The summed E-state index contributed by atoms with van der Waals surface area (Å²) >= 11 is 13.7. The van der Waals surface area contributed by atoms with E-state index in [4.69, 9.17) is 37.4 Å². The van der Waals surface area contributed by atoms with Crippen molar-refractivity contribution < 1.29 is 19.0 Å². The summed E-state index contributed by atoms with van der Waals surface area (Å²) in [5, 5.41) is 7.45. The molecule has 0 radical (unpaired) electrons. The average Bonchev–Trinajstić information content (AvgIpc) is 3.20. The topological polar surface area (TPSA) is 82.0 Å². The van der Waals surface area contributed by atoms with E-state index in [9.17, 15) is 4.79 Å². The lowest BCUT2D eigenvalue weighted by atomic mass is 10.1. The van der Waals surface area contributed by atoms with Crippen LogP contribution in [0, 0.1) is 0 Å². The van der Waals surface area contributed by atoms with Crippen LogP contribution in [0.15, 0.2) is 46.9 Å². The predicted octanol–water partition coefficient (Wildman–Crippen LogP) is 5.59. The quantitative estimate of drug-likeness (QED) is 0.225. The van der Waals surface area contributed by atoms with Crippen molar-refractivity contribution in [3.63, 3.8) is 0 Å². The summed E-state index contributed by atoms with van der Waals surface area (Å²) < 4.78 is 16.2. The van der Waals surface area contributed by atoms with Crippen molar-refractivity contribution in [3.8, 4) is 11.5 Å². The van der Waals surface area contributed by atoms with Gasteiger partial charge >= 0.3 is 5.97 Å². The second-order valence-corrected chi connectivity index (χ2v) is 8.08. The Kier molecular flexibility index (Phi) is 8.72. The van der Waals surface area contributed by atoms with Crippen molar-refractivity contribution in [2.45, 2.75) is 20.0 Å². The first-order valence-corrected chi connectivity index (χ1v) is 11.3. The van der Waals surface area contributed by atoms with Crippen molar-refractivity contribution in [1.82, 2.24) is 4.98 Å². The molecule has 0 unspecified atom stereocenters. The average molecular weight is 494 g/mol. The number of para-hydroxylation sites is 1. The maximum Gasteiger partial charge on any atom is 0.311 e. The molecule has 3 aromatic rings. The normalized spacial score (nSPS) is 10.9. The van der Waals surface area contributed by atoms with Crippen molar-refractivity contribution >= 4 is 51.9 Å². The third-order valence-corrected chi connectivity index (χ3v) is 5.54. The van der Waals surface area contributed by atoms with Crippen molar-refractivity contribution in [3.05, 3.63) is 68.6 Å². The molecule has 0 aliphatic heterocycles. The highest BCUT2D eigenvalue weighted by Crippen LogP contribution is 2.33. The van der Waals surface area contributed by atoms with E-state index in [1.807, 2.05) is 18.2 Å². The molecule has 0 saturated heterocycles. The lowest BCUT2D eigenvalue weighted by Gasteiger charge is -2.13. The number of hydrogen-bond donors (Lipinski definition) is 1. The molecule has 1 N–H and O–H groups in total. The van der Waals surface area contributed by atoms with Gasteiger partial charge in [-0.05, 0) is 42.8 Å². The fourth-order valence-electron chi connectivity index (χ4n) is 2.72. The Balaban J connectivity index is 1.64. The number of nitrogens with one attached hydrogen (secondary N) is 1. The third kappa shape index (κ3) is 6.59. The number of hydrazone groups is 1. The zero-order valence-corrected chi connectivity index (χ0v) is 19.8. The Labute approximate surface area is 199 Å². The number of thiazole rings is 1. The van der Waals surface area contributed by atoms with E-state index in [-0.39, 0.29) is 19.0 Å². The maximum absolute atomic E-state index is 11.5. The van der Waals surface area contributed by atoms with Crippen LogP contribution in [0.1, 0.15) is 23.7 Å². The lowest BCUT2D eigenvalue weighted by molar-refractivity contribution is -0.142. The smallest absolute Gasteiger partial charge is 0.311 e. The minimum Gasteiger partial charge on any atom is -0.496 e. The number of ether oxygens (including phenoxy) is 3. The molecule has 0 saturated carbocycles. The van der Waals surface area contributed by atoms with Crippen molar-refractivity contribution in [2.24, 2.45) is 5.10 Å². The summed E-state index contributed by atoms with van der Waals surface area (Å²) in [6, 6.07) is 10.8. The van der Waals surface area contributed by atoms with E-state index in [1.165, 1.54) is 11.3 Å². The molecule has 0 atom stereocenters. The molecule has 0 fully saturated rings. The standard InChI is InChI=1S/C22H21Cl2N3O4S/c1-3-30-20(28)10-16-13-32-22(26-16)27-25-11-14-7-8-19(29-2)15(9-14)12-31-21-17(23)5-4-6-18(21)24/h4-9,11,13H,3,10,12H2,1-2H3,(H,26,27). The summed E-state index contributed by atoms with van der Waals surface area (Å²) in [7, 11) is 1.59. The van der Waals surface area contributed by atoms with Gasteiger partial charge in [0.15, 0.2) is 5.75 Å². The van der Waals surface area contributed by atoms with E-state index in [2.05, 4.69) is 15.5 Å². The van der Waals surface area contributed by atoms with Crippen LogP contribution < -0.4 is 14.9 Å². The van der Waals surface area contributed by atoms with E-state index >= 15 is 0 Å². The molecule has 0 amide bonds. The molecule has 10 heteroatoms. The van der Waals surface area contributed by atoms with Crippen LogP contribution in [-0.4, -0.2) is 30.9 Å². The number of esters is 1. The number of methoxy groups -OCH3 is 1. The number of carbonyl (C=O) groups excluding carboxylic acids is 1. The number of hydrogen-bond acceptors (Lipinski definition) is 8. The van der Waals surface area contributed by atoms with Gasteiger partial charge in [0.25, 0.3) is 0 Å². The molecule has 2 aromatic carbocycles. The van der Waals surface area contributed by atoms with Gasteiger partial charge in [0.2, 0.25) is 5.13 Å². The highest BCUT2D eigenvalue weighted by Gasteiger charge is 2.10. The number of halogens is 2. The highest BCUT2D eigenvalue weighted by molar-refractivity contribution is 7.13. The number of rotatable bonds is 10. The van der Waals surface area contributed by atoms with E-state index in [0.717, 1.165) is 11.1 Å². The molecule has 0 bridgehead atoms. The van der Waals surface area contributed by atoms with Crippen LogP contribution in [0.5, 0.6) is 11.5 Å². The number of aromatic nitrogens is 1. The van der Waals surface area contributed by atoms with Crippen LogP contribution in [0.4, 0.5) is 5.13 Å². The molecule has 0 aliphatic rings. The van der Waals surface area contributed by atoms with Gasteiger partial charge in [-0.2, -0.15) is 5.10 Å². The van der Waals surface area contributed by atoms with Gasteiger partial charge in [-0.1, -0.05) is 29.3 Å². The third-order valence-electron chi connectivity index (χ3n) is 4.15. The molecular formula is C22H21Cl2N3O4S. The van der Waals surface area contributed by atoms with Crippen LogP contribution >= 0.6 is 34.5 Å². The summed E-state index contributed by atoms with van der Waals surface area (Å²) in [6.45, 7) is 2.33. The first kappa shape index (κ1) is 23.8. The Morgan fingerprint density at radius 1 is 1.25 bits per heavy atom. The SMILES string of the molecule is CCOC(=O)Cc1csc(NN=Cc2ccc(OC)c(COc3c(Cl)cccc3Cl)c2)n1. The Morgan fingerprint density at radius 3 is 2.75 bits per heavy atom. The van der Waals surface area contributed by atoms with Crippen molar-refractivity contribution in [2.75, 3.05) is 19.1 Å². The molecular weight excluding hydrogens is 473 g/mol. The van der Waals surface area contributed by atoms with Gasteiger partial charge in [0.05, 0.1) is 42.1 Å². The van der Waals surface area contributed by atoms with Gasteiger partial charge in [0, 0.05) is 10.9 Å². The highest BCUT2D eigenvalue weighted by atomic mass is 35.5. The summed E-state index contributed by atoms with van der Waals surface area (Å²) in [5.41, 5.74) is 5.13. The fourth-order valence-corrected chi connectivity index (χ4v) is 3.89. The number of anilines is 1. The number of carbonyl (C=O) groups is 1. The van der Waals surface area contributed by atoms with E-state index in [0.29, 0.717) is 39.0 Å². The monoisotopic (exact) mass is 493 g/mol. The zero-order valence-electron chi connectivity index (χ0n) is 17.4. The molecule has 3 rings (SSSR count). The van der Waals surface area contributed by atoms with Crippen LogP contribution in [-0.2, 0) is 22.6 Å². The van der Waals surface area contributed by atoms with Gasteiger partial charge in [-0.15, -0.1) is 11.3 Å². The van der Waals surface area contributed by atoms with Gasteiger partial charge in [0.1, 0.15) is 12.4 Å². The Bertz CT molecular complexity index is 1080. The Morgan fingerprint density at radius 2 is 2.03 bits per heavy atom. The molecule has 168 valence electrons. The van der Waals surface area contributed by atoms with E-state index < -0.39 is 0 Å². The van der Waals surface area contributed by atoms with Crippen LogP contribution in [0.25, 0.3) is 0 Å². The maximum atomic E-state index is 11.5. The first-order valence-electron chi connectivity index (χ1n) is 9.63. The van der Waals surface area contributed by atoms with E-state index in [1.54, 1.807) is 43.8 Å². The second-order valence-electron chi connectivity index (χ2n) is 6.41. The molecule has 1 aromatic heterocycles. The predicted molar refractivity (Wildman–Crippen MR) is 127 cm³/mol. The second kappa shape index (κ2) is 11.7. The van der Waals surface area contributed by atoms with Crippen LogP contribution in [0.2, 0.25) is 10.0 Å². The van der Waals surface area contributed by atoms with Gasteiger partial charge < -0.3 is 14.2 Å². The number of benzene rings is 2. The molecule has 32 heavy (non-hydrogen) atoms. The first-order chi connectivity index (χ1) is 15.5. The van der Waals surface area contributed by atoms with Crippen molar-refractivity contribution in [1.29, 1.82) is 0 Å². The van der Waals surface area contributed by atoms with Gasteiger partial charge in [-0.25, -0.2) is 4.98 Å². The minimum absolute atomic E-state index is 0.132. The Hall–Kier alpha value is -2.81. The zero-order chi connectivity index (χ0) is 22.9. The van der Waals surface area contributed by atoms with Crippen LogP contribution in [0.3, 0.4) is 0 Å². The summed E-state index contributed by atoms with van der Waals surface area (Å²) in [6.07, 6.45) is 1.78. The fraction of sp³-hybridized carbons (Fsp3) is 0.227. The molecule has 0 aliphatic carbocycles. The molecule has 1 heterocycles. The summed E-state index contributed by atoms with van der Waals surface area (Å²) in [4.78, 5) is 15.9. The largest absolute Gasteiger partial charge is 0.496 e. The minimum atomic E-state index is -0.307. The molecule has 7 nitrogen and oxygen atoms in total.